The first-order valence-electron chi connectivity index (χ1n) is 6.40. The Hall–Kier alpha value is -2.20. The molecule has 2 aromatic rings. The summed E-state index contributed by atoms with van der Waals surface area (Å²) in [7, 11) is 1.62. The number of rotatable bonds is 4. The molecule has 0 heterocycles. The van der Waals surface area contributed by atoms with Gasteiger partial charge in [-0.15, -0.1) is 0 Å². The molecule has 0 fully saturated rings. The van der Waals surface area contributed by atoms with Crippen LogP contribution in [0, 0.1) is 5.82 Å². The van der Waals surface area contributed by atoms with Gasteiger partial charge in [-0.25, -0.2) is 4.39 Å². The van der Waals surface area contributed by atoms with Crippen molar-refractivity contribution in [3.8, 4) is 0 Å². The van der Waals surface area contributed by atoms with Crippen molar-refractivity contribution >= 4 is 11.6 Å². The summed E-state index contributed by atoms with van der Waals surface area (Å²) in [5, 5.41) is 0. The molecular weight excluding hydrogens is 255 g/mol. The molecule has 4 heteroatoms. The van der Waals surface area contributed by atoms with Crippen LogP contribution in [0.1, 0.15) is 18.0 Å². The van der Waals surface area contributed by atoms with Crippen molar-refractivity contribution < 1.29 is 9.18 Å². The second-order valence-electron chi connectivity index (χ2n) is 4.65. The van der Waals surface area contributed by atoms with Gasteiger partial charge >= 0.3 is 0 Å². The highest BCUT2D eigenvalue weighted by Gasteiger charge is 2.16. The van der Waals surface area contributed by atoms with Gasteiger partial charge in [-0.3, -0.25) is 4.79 Å². The fourth-order valence-corrected chi connectivity index (χ4v) is 1.97. The van der Waals surface area contributed by atoms with Gasteiger partial charge in [0.05, 0.1) is 0 Å². The van der Waals surface area contributed by atoms with Crippen LogP contribution in [0.5, 0.6) is 0 Å². The van der Waals surface area contributed by atoms with E-state index < -0.39 is 0 Å². The number of amides is 1. The summed E-state index contributed by atoms with van der Waals surface area (Å²) in [5.74, 6) is -0.513. The van der Waals surface area contributed by atoms with Gasteiger partial charge in [-0.05, 0) is 23.8 Å². The summed E-state index contributed by atoms with van der Waals surface area (Å²) in [6.07, 6.45) is 0.178. The van der Waals surface area contributed by atoms with E-state index >= 15 is 0 Å². The standard InChI is InChI=1S/C16H17FN2O/c1-19(14-9-5-8-13(17)10-14)16(20)11-15(18)12-6-3-2-4-7-12/h2-10,15H,11,18H2,1H3/t15-/m1/s1. The van der Waals surface area contributed by atoms with E-state index in [4.69, 9.17) is 5.73 Å². The Balaban J connectivity index is 2.05. The van der Waals surface area contributed by atoms with Crippen molar-refractivity contribution in [2.75, 3.05) is 11.9 Å². The lowest BCUT2D eigenvalue weighted by Gasteiger charge is -2.20. The molecule has 2 N–H and O–H groups in total. The molecule has 20 heavy (non-hydrogen) atoms. The van der Waals surface area contributed by atoms with E-state index in [9.17, 15) is 9.18 Å². The van der Waals surface area contributed by atoms with E-state index in [1.165, 1.54) is 17.0 Å². The van der Waals surface area contributed by atoms with Crippen molar-refractivity contribution in [3.63, 3.8) is 0 Å². The maximum Gasteiger partial charge on any atom is 0.228 e. The molecule has 0 aromatic heterocycles. The topological polar surface area (TPSA) is 46.3 Å². The fraction of sp³-hybridized carbons (Fsp3) is 0.188. The third kappa shape index (κ3) is 3.42. The average molecular weight is 272 g/mol. The summed E-state index contributed by atoms with van der Waals surface area (Å²) in [6.45, 7) is 0. The van der Waals surface area contributed by atoms with Crippen LogP contribution in [0.25, 0.3) is 0 Å². The van der Waals surface area contributed by atoms with Crippen LogP contribution < -0.4 is 10.6 Å². The molecule has 0 saturated carbocycles. The van der Waals surface area contributed by atoms with Crippen molar-refractivity contribution in [1.29, 1.82) is 0 Å². The largest absolute Gasteiger partial charge is 0.324 e. The lowest BCUT2D eigenvalue weighted by atomic mass is 10.0. The molecule has 0 saturated heterocycles. The molecule has 0 bridgehead atoms. The molecule has 0 aliphatic carbocycles. The first kappa shape index (κ1) is 14.2. The molecule has 0 aliphatic heterocycles. The molecule has 0 aliphatic rings. The lowest BCUT2D eigenvalue weighted by Crippen LogP contribution is -2.29. The van der Waals surface area contributed by atoms with Crippen LogP contribution in [0.15, 0.2) is 54.6 Å². The lowest BCUT2D eigenvalue weighted by molar-refractivity contribution is -0.118. The molecule has 2 aromatic carbocycles. The Morgan fingerprint density at radius 2 is 1.90 bits per heavy atom. The summed E-state index contributed by atoms with van der Waals surface area (Å²) < 4.78 is 13.2. The molecule has 104 valence electrons. The Kier molecular flexibility index (Phi) is 4.48. The maximum atomic E-state index is 13.2. The van der Waals surface area contributed by atoms with E-state index in [0.717, 1.165) is 5.56 Å². The van der Waals surface area contributed by atoms with Gasteiger partial charge in [-0.1, -0.05) is 36.4 Å². The van der Waals surface area contributed by atoms with Crippen LogP contribution in [-0.4, -0.2) is 13.0 Å². The van der Waals surface area contributed by atoms with E-state index in [-0.39, 0.29) is 24.2 Å². The first-order chi connectivity index (χ1) is 9.58. The number of carbonyl (C=O) groups excluding carboxylic acids is 1. The zero-order valence-electron chi connectivity index (χ0n) is 11.3. The van der Waals surface area contributed by atoms with Gasteiger partial charge < -0.3 is 10.6 Å². The molecule has 0 unspecified atom stereocenters. The molecule has 1 amide bonds. The number of carbonyl (C=O) groups is 1. The quantitative estimate of drug-likeness (QED) is 0.930. The number of hydrogen-bond donors (Lipinski definition) is 1. The third-order valence-corrected chi connectivity index (χ3v) is 3.19. The number of nitrogens with zero attached hydrogens (tertiary/aromatic N) is 1. The average Bonchev–Trinajstić information content (AvgIpc) is 2.47. The molecule has 0 spiro atoms. The minimum absolute atomic E-state index is 0.146. The molecular formula is C16H17FN2O. The van der Waals surface area contributed by atoms with E-state index in [1.54, 1.807) is 19.2 Å². The van der Waals surface area contributed by atoms with Gasteiger partial charge in [0.25, 0.3) is 0 Å². The molecule has 3 nitrogen and oxygen atoms in total. The minimum atomic E-state index is -0.366. The monoisotopic (exact) mass is 272 g/mol. The van der Waals surface area contributed by atoms with Gasteiger partial charge in [0.15, 0.2) is 0 Å². The second-order valence-corrected chi connectivity index (χ2v) is 4.65. The SMILES string of the molecule is CN(C(=O)C[C@@H](N)c1ccccc1)c1cccc(F)c1. The number of halogens is 1. The number of hydrogen-bond acceptors (Lipinski definition) is 2. The fourth-order valence-electron chi connectivity index (χ4n) is 1.97. The van der Waals surface area contributed by atoms with Gasteiger partial charge in [0.2, 0.25) is 5.91 Å². The van der Waals surface area contributed by atoms with Gasteiger partial charge in [0.1, 0.15) is 5.82 Å². The summed E-state index contributed by atoms with van der Waals surface area (Å²) >= 11 is 0. The van der Waals surface area contributed by atoms with Crippen LogP contribution in [0.4, 0.5) is 10.1 Å². The van der Waals surface area contributed by atoms with Crippen LogP contribution in [0.2, 0.25) is 0 Å². The number of anilines is 1. The second kappa shape index (κ2) is 6.30. The predicted molar refractivity (Wildman–Crippen MR) is 77.8 cm³/mol. The highest BCUT2D eigenvalue weighted by molar-refractivity contribution is 5.93. The van der Waals surface area contributed by atoms with Crippen LogP contribution in [-0.2, 0) is 4.79 Å². The molecule has 1 atom stereocenters. The highest BCUT2D eigenvalue weighted by Crippen LogP contribution is 2.19. The summed E-state index contributed by atoms with van der Waals surface area (Å²) in [4.78, 5) is 13.6. The zero-order valence-corrected chi connectivity index (χ0v) is 11.3. The number of benzene rings is 2. The summed E-state index contributed by atoms with van der Waals surface area (Å²) in [5.41, 5.74) is 7.45. The molecule has 2 rings (SSSR count). The van der Waals surface area contributed by atoms with Gasteiger partial charge in [-0.2, -0.15) is 0 Å². The van der Waals surface area contributed by atoms with Crippen molar-refractivity contribution in [3.05, 3.63) is 66.0 Å². The Morgan fingerprint density at radius 1 is 1.20 bits per heavy atom. The molecule has 0 radical (unpaired) electrons. The van der Waals surface area contributed by atoms with E-state index in [1.807, 2.05) is 30.3 Å². The first-order valence-corrected chi connectivity index (χ1v) is 6.40. The van der Waals surface area contributed by atoms with Crippen LogP contribution >= 0.6 is 0 Å². The Morgan fingerprint density at radius 3 is 2.55 bits per heavy atom. The van der Waals surface area contributed by atoms with Crippen molar-refractivity contribution in [1.82, 2.24) is 0 Å². The Labute approximate surface area is 117 Å². The highest BCUT2D eigenvalue weighted by atomic mass is 19.1. The van der Waals surface area contributed by atoms with Gasteiger partial charge in [0, 0.05) is 25.2 Å². The summed E-state index contributed by atoms with van der Waals surface area (Å²) in [6, 6.07) is 15.0. The smallest absolute Gasteiger partial charge is 0.228 e. The van der Waals surface area contributed by atoms with Crippen LogP contribution in [0.3, 0.4) is 0 Å². The normalized spacial score (nSPS) is 11.9. The van der Waals surface area contributed by atoms with Crippen molar-refractivity contribution in [2.24, 2.45) is 5.73 Å². The zero-order chi connectivity index (χ0) is 14.5. The van der Waals surface area contributed by atoms with Crippen molar-refractivity contribution in [2.45, 2.75) is 12.5 Å². The number of nitrogens with two attached hydrogens (primary N) is 1. The minimum Gasteiger partial charge on any atom is -0.324 e. The van der Waals surface area contributed by atoms with E-state index in [2.05, 4.69) is 0 Å². The predicted octanol–water partition coefficient (Wildman–Crippen LogP) is 2.88. The van der Waals surface area contributed by atoms with E-state index in [0.29, 0.717) is 5.69 Å². The Bertz CT molecular complexity index is 586. The maximum absolute atomic E-state index is 13.2. The third-order valence-electron chi connectivity index (χ3n) is 3.19.